The maximum atomic E-state index is 12.4. The highest BCUT2D eigenvalue weighted by Gasteiger charge is 2.37. The first-order valence-electron chi connectivity index (χ1n) is 7.93. The van der Waals surface area contributed by atoms with Gasteiger partial charge in [-0.2, -0.15) is 0 Å². The molecule has 0 aromatic carbocycles. The van der Waals surface area contributed by atoms with Crippen molar-refractivity contribution in [1.82, 2.24) is 4.90 Å². The topological polar surface area (TPSA) is 58.4 Å². The molecule has 3 rings (SSSR count). The number of nitrogens with zero attached hydrogens (tertiary/aromatic N) is 1. The van der Waals surface area contributed by atoms with E-state index in [0.717, 1.165) is 47.9 Å². The van der Waals surface area contributed by atoms with Gasteiger partial charge in [-0.3, -0.25) is 4.79 Å². The molecule has 1 aromatic rings. The average Bonchev–Trinajstić information content (AvgIpc) is 3.32. The highest BCUT2D eigenvalue weighted by Crippen LogP contribution is 2.52. The minimum absolute atomic E-state index is 0.250. The lowest BCUT2D eigenvalue weighted by atomic mass is 10.1. The summed E-state index contributed by atoms with van der Waals surface area (Å²) >= 11 is 1.59. The third-order valence-corrected chi connectivity index (χ3v) is 5.40. The van der Waals surface area contributed by atoms with Gasteiger partial charge in [-0.25, -0.2) is 0 Å². The standard InChI is InChI=1S/C16H25N3OS/c1-19(2)9-3-8-18-16-12(10-4-5-10)13(17)15(21-16)14(20)11-6-7-11/h10-11,18H,3-9,17H2,1-2H3. The molecule has 1 heterocycles. The van der Waals surface area contributed by atoms with Crippen LogP contribution in [0.5, 0.6) is 0 Å². The normalized spacial score (nSPS) is 18.2. The van der Waals surface area contributed by atoms with Gasteiger partial charge >= 0.3 is 0 Å². The van der Waals surface area contributed by atoms with Crippen LogP contribution in [-0.4, -0.2) is 37.9 Å². The number of carbonyl (C=O) groups is 1. The van der Waals surface area contributed by atoms with Crippen molar-refractivity contribution in [3.05, 3.63) is 10.4 Å². The van der Waals surface area contributed by atoms with Crippen LogP contribution < -0.4 is 11.1 Å². The Labute approximate surface area is 130 Å². The number of nitrogens with two attached hydrogens (primary N) is 1. The second-order valence-corrected chi connectivity index (χ2v) is 7.60. The highest BCUT2D eigenvalue weighted by molar-refractivity contribution is 7.18. The Hall–Kier alpha value is -1.07. The van der Waals surface area contributed by atoms with Gasteiger partial charge in [0.1, 0.15) is 0 Å². The lowest BCUT2D eigenvalue weighted by Gasteiger charge is -2.11. The number of ketones is 1. The Balaban J connectivity index is 1.72. The van der Waals surface area contributed by atoms with Gasteiger partial charge in [0.05, 0.1) is 15.6 Å². The van der Waals surface area contributed by atoms with Crippen LogP contribution in [0.4, 0.5) is 10.7 Å². The molecule has 2 saturated carbocycles. The van der Waals surface area contributed by atoms with Crippen LogP contribution in [0.15, 0.2) is 0 Å². The van der Waals surface area contributed by atoms with E-state index >= 15 is 0 Å². The van der Waals surface area contributed by atoms with Crippen LogP contribution in [0, 0.1) is 5.92 Å². The van der Waals surface area contributed by atoms with Crippen LogP contribution in [-0.2, 0) is 0 Å². The van der Waals surface area contributed by atoms with E-state index in [1.54, 1.807) is 11.3 Å². The van der Waals surface area contributed by atoms with Crippen molar-refractivity contribution in [3.63, 3.8) is 0 Å². The van der Waals surface area contributed by atoms with Gasteiger partial charge in [0.15, 0.2) is 5.78 Å². The number of nitrogen functional groups attached to an aromatic ring is 1. The molecule has 0 spiro atoms. The molecule has 2 fully saturated rings. The minimum Gasteiger partial charge on any atom is -0.397 e. The van der Waals surface area contributed by atoms with Crippen molar-refractivity contribution in [1.29, 1.82) is 0 Å². The van der Waals surface area contributed by atoms with Gasteiger partial charge in [0.2, 0.25) is 0 Å². The van der Waals surface area contributed by atoms with Gasteiger partial charge in [0.25, 0.3) is 0 Å². The first-order valence-corrected chi connectivity index (χ1v) is 8.74. The van der Waals surface area contributed by atoms with E-state index in [1.807, 2.05) is 0 Å². The molecular formula is C16H25N3OS. The molecule has 5 heteroatoms. The predicted molar refractivity (Wildman–Crippen MR) is 89.4 cm³/mol. The van der Waals surface area contributed by atoms with Crippen molar-refractivity contribution in [2.45, 2.75) is 38.0 Å². The first-order chi connectivity index (χ1) is 10.1. The quantitative estimate of drug-likeness (QED) is 0.572. The van der Waals surface area contributed by atoms with E-state index < -0.39 is 0 Å². The van der Waals surface area contributed by atoms with Crippen LogP contribution in [0.25, 0.3) is 0 Å². The van der Waals surface area contributed by atoms with Crippen molar-refractivity contribution in [2.24, 2.45) is 5.92 Å². The Morgan fingerprint density at radius 1 is 1.33 bits per heavy atom. The Morgan fingerprint density at radius 2 is 2.05 bits per heavy atom. The molecule has 0 radical (unpaired) electrons. The molecule has 21 heavy (non-hydrogen) atoms. The average molecular weight is 307 g/mol. The van der Waals surface area contributed by atoms with Gasteiger partial charge < -0.3 is 16.0 Å². The summed E-state index contributed by atoms with van der Waals surface area (Å²) in [7, 11) is 4.18. The monoisotopic (exact) mass is 307 g/mol. The summed E-state index contributed by atoms with van der Waals surface area (Å²) in [5, 5.41) is 4.68. The lowest BCUT2D eigenvalue weighted by molar-refractivity contribution is 0.0972. The molecule has 0 aliphatic heterocycles. The molecule has 0 atom stereocenters. The molecule has 0 bridgehead atoms. The maximum absolute atomic E-state index is 12.4. The molecule has 0 amide bonds. The van der Waals surface area contributed by atoms with Gasteiger partial charge in [-0.05, 0) is 58.7 Å². The number of thiophene rings is 1. The largest absolute Gasteiger partial charge is 0.397 e. The van der Waals surface area contributed by atoms with Gasteiger partial charge in [0, 0.05) is 18.0 Å². The smallest absolute Gasteiger partial charge is 0.178 e. The summed E-state index contributed by atoms with van der Waals surface area (Å²) in [6.07, 6.45) is 5.61. The fraction of sp³-hybridized carbons (Fsp3) is 0.688. The number of carbonyl (C=O) groups excluding carboxylic acids is 1. The van der Waals surface area contributed by atoms with Crippen LogP contribution in [0.2, 0.25) is 0 Å². The van der Waals surface area contributed by atoms with Crippen molar-refractivity contribution < 1.29 is 4.79 Å². The van der Waals surface area contributed by atoms with Crippen molar-refractivity contribution >= 4 is 27.8 Å². The zero-order chi connectivity index (χ0) is 15.0. The fourth-order valence-corrected chi connectivity index (χ4v) is 3.93. The Bertz CT molecular complexity index is 530. The molecule has 4 nitrogen and oxygen atoms in total. The minimum atomic E-state index is 0.250. The zero-order valence-corrected chi connectivity index (χ0v) is 13.8. The Morgan fingerprint density at radius 3 is 2.62 bits per heavy atom. The van der Waals surface area contributed by atoms with Gasteiger partial charge in [-0.15, -0.1) is 11.3 Å². The number of nitrogens with one attached hydrogen (secondary N) is 1. The zero-order valence-electron chi connectivity index (χ0n) is 12.9. The highest BCUT2D eigenvalue weighted by atomic mass is 32.1. The number of anilines is 2. The summed E-state index contributed by atoms with van der Waals surface area (Å²) in [6.45, 7) is 2.01. The van der Waals surface area contributed by atoms with Crippen LogP contribution in [0.1, 0.15) is 53.3 Å². The summed E-state index contributed by atoms with van der Waals surface area (Å²) in [5.74, 6) is 1.11. The molecule has 1 aromatic heterocycles. The molecule has 116 valence electrons. The van der Waals surface area contributed by atoms with E-state index in [2.05, 4.69) is 24.3 Å². The molecule has 2 aliphatic rings. The van der Waals surface area contributed by atoms with E-state index in [-0.39, 0.29) is 11.7 Å². The number of rotatable bonds is 8. The third kappa shape index (κ3) is 3.40. The second-order valence-electron chi connectivity index (χ2n) is 6.58. The second kappa shape index (κ2) is 5.97. The van der Waals surface area contributed by atoms with E-state index in [4.69, 9.17) is 5.73 Å². The third-order valence-electron chi connectivity index (χ3n) is 4.21. The summed E-state index contributed by atoms with van der Waals surface area (Å²) in [5.41, 5.74) is 8.31. The van der Waals surface area contributed by atoms with Gasteiger partial charge in [-0.1, -0.05) is 0 Å². The molecule has 0 unspecified atom stereocenters. The number of Topliss-reactive ketones (excluding diaryl/α,β-unsaturated/α-hetero) is 1. The van der Waals surface area contributed by atoms with E-state index in [1.165, 1.54) is 18.4 Å². The number of hydrogen-bond donors (Lipinski definition) is 2. The molecular weight excluding hydrogens is 282 g/mol. The summed E-state index contributed by atoms with van der Waals surface area (Å²) in [4.78, 5) is 15.4. The summed E-state index contributed by atoms with van der Waals surface area (Å²) in [6, 6.07) is 0. The SMILES string of the molecule is CN(C)CCCNc1sc(C(=O)C2CC2)c(N)c1C1CC1. The first kappa shape index (κ1) is 14.9. The fourth-order valence-electron chi connectivity index (χ4n) is 2.68. The lowest BCUT2D eigenvalue weighted by Crippen LogP contribution is -2.16. The van der Waals surface area contributed by atoms with Crippen molar-refractivity contribution in [3.8, 4) is 0 Å². The Kier molecular flexibility index (Phi) is 4.22. The molecule has 2 aliphatic carbocycles. The number of hydrogen-bond acceptors (Lipinski definition) is 5. The molecule has 3 N–H and O–H groups in total. The van der Waals surface area contributed by atoms with Crippen LogP contribution >= 0.6 is 11.3 Å². The maximum Gasteiger partial charge on any atom is 0.178 e. The van der Waals surface area contributed by atoms with Crippen LogP contribution in [0.3, 0.4) is 0 Å². The van der Waals surface area contributed by atoms with Crippen molar-refractivity contribution in [2.75, 3.05) is 38.2 Å². The molecule has 0 saturated heterocycles. The van der Waals surface area contributed by atoms with E-state index in [9.17, 15) is 4.79 Å². The predicted octanol–water partition coefficient (Wildman–Crippen LogP) is 3.16. The summed E-state index contributed by atoms with van der Waals surface area (Å²) < 4.78 is 0. The van der Waals surface area contributed by atoms with E-state index in [0.29, 0.717) is 5.92 Å².